The van der Waals surface area contributed by atoms with Crippen molar-refractivity contribution in [3.05, 3.63) is 23.3 Å². The monoisotopic (exact) mass is 178 g/mol. The quantitative estimate of drug-likeness (QED) is 0.704. The van der Waals surface area contributed by atoms with E-state index in [2.05, 4.69) is 9.97 Å². The Morgan fingerprint density at radius 2 is 2.15 bits per heavy atom. The Kier molecular flexibility index (Phi) is 3.12. The van der Waals surface area contributed by atoms with Crippen LogP contribution in [0.15, 0.2) is 6.07 Å². The molecule has 1 rings (SSSR count). The molecule has 0 N–H and O–H groups in total. The van der Waals surface area contributed by atoms with Crippen LogP contribution in [0, 0.1) is 6.92 Å². The van der Waals surface area contributed by atoms with Crippen LogP contribution in [0.25, 0.3) is 0 Å². The molecule has 0 aliphatic heterocycles. The topological polar surface area (TPSA) is 42.9 Å². The van der Waals surface area contributed by atoms with Crippen LogP contribution in [0.1, 0.15) is 31.1 Å². The number of ketones is 1. The van der Waals surface area contributed by atoms with E-state index in [1.807, 2.05) is 19.9 Å². The van der Waals surface area contributed by atoms with Crippen LogP contribution in [-0.4, -0.2) is 15.8 Å². The van der Waals surface area contributed by atoms with Gasteiger partial charge in [0.15, 0.2) is 0 Å². The summed E-state index contributed by atoms with van der Waals surface area (Å²) in [6.07, 6.45) is 1.23. The van der Waals surface area contributed by atoms with Crippen molar-refractivity contribution in [2.75, 3.05) is 0 Å². The van der Waals surface area contributed by atoms with Gasteiger partial charge in [-0.1, -0.05) is 6.92 Å². The van der Waals surface area contributed by atoms with Gasteiger partial charge in [-0.2, -0.15) is 0 Å². The molecule has 0 aliphatic carbocycles. The molecule has 0 atom stereocenters. The number of aryl methyl sites for hydroxylation is 2. The molecule has 3 heteroatoms. The van der Waals surface area contributed by atoms with Crippen molar-refractivity contribution < 1.29 is 4.79 Å². The third-order valence-electron chi connectivity index (χ3n) is 1.72. The van der Waals surface area contributed by atoms with Gasteiger partial charge in [-0.15, -0.1) is 0 Å². The molecule has 1 aromatic rings. The van der Waals surface area contributed by atoms with E-state index in [4.69, 9.17) is 0 Å². The fourth-order valence-electron chi connectivity index (χ4n) is 1.18. The van der Waals surface area contributed by atoms with Gasteiger partial charge in [-0.3, -0.25) is 4.79 Å². The first-order valence-corrected chi connectivity index (χ1v) is 4.44. The molecule has 1 heterocycles. The highest BCUT2D eigenvalue weighted by Gasteiger charge is 2.03. The van der Waals surface area contributed by atoms with Gasteiger partial charge in [0.1, 0.15) is 11.6 Å². The molecule has 0 saturated heterocycles. The first kappa shape index (κ1) is 9.84. The highest BCUT2D eigenvalue weighted by molar-refractivity contribution is 5.77. The average molecular weight is 178 g/mol. The van der Waals surface area contributed by atoms with Gasteiger partial charge in [0.25, 0.3) is 0 Å². The summed E-state index contributed by atoms with van der Waals surface area (Å²) in [6, 6.07) is 1.95. The Labute approximate surface area is 78.2 Å². The van der Waals surface area contributed by atoms with Gasteiger partial charge in [0.05, 0.1) is 6.42 Å². The second-order valence-electron chi connectivity index (χ2n) is 3.15. The summed E-state index contributed by atoms with van der Waals surface area (Å²) < 4.78 is 0. The molecule has 0 radical (unpaired) electrons. The molecule has 70 valence electrons. The average Bonchev–Trinajstić information content (AvgIpc) is 2.01. The van der Waals surface area contributed by atoms with Gasteiger partial charge in [0.2, 0.25) is 0 Å². The van der Waals surface area contributed by atoms with Crippen molar-refractivity contribution >= 4 is 5.78 Å². The summed E-state index contributed by atoms with van der Waals surface area (Å²) in [4.78, 5) is 19.3. The molecule has 0 aromatic carbocycles. The summed E-state index contributed by atoms with van der Waals surface area (Å²) in [7, 11) is 0. The van der Waals surface area contributed by atoms with E-state index in [0.29, 0.717) is 12.2 Å². The van der Waals surface area contributed by atoms with Crippen LogP contribution in [0.3, 0.4) is 0 Å². The van der Waals surface area contributed by atoms with Crippen molar-refractivity contribution in [2.24, 2.45) is 0 Å². The summed E-state index contributed by atoms with van der Waals surface area (Å²) in [5.41, 5.74) is 1.94. The lowest BCUT2D eigenvalue weighted by Gasteiger charge is -2.01. The van der Waals surface area contributed by atoms with Crippen molar-refractivity contribution in [3.8, 4) is 0 Å². The highest BCUT2D eigenvalue weighted by atomic mass is 16.1. The van der Waals surface area contributed by atoms with Gasteiger partial charge >= 0.3 is 0 Å². The van der Waals surface area contributed by atoms with Crippen molar-refractivity contribution in [1.82, 2.24) is 9.97 Å². The lowest BCUT2D eigenvalue weighted by atomic mass is 10.2. The fourth-order valence-corrected chi connectivity index (χ4v) is 1.18. The zero-order valence-corrected chi connectivity index (χ0v) is 8.29. The molecule has 0 aliphatic rings. The van der Waals surface area contributed by atoms with Crippen molar-refractivity contribution in [3.63, 3.8) is 0 Å². The maximum absolute atomic E-state index is 10.8. The fraction of sp³-hybridized carbons (Fsp3) is 0.500. The van der Waals surface area contributed by atoms with Crippen molar-refractivity contribution in [1.29, 1.82) is 0 Å². The molecule has 0 saturated carbocycles. The van der Waals surface area contributed by atoms with Crippen LogP contribution >= 0.6 is 0 Å². The Morgan fingerprint density at radius 3 is 2.69 bits per heavy atom. The number of rotatable bonds is 3. The van der Waals surface area contributed by atoms with E-state index in [1.54, 1.807) is 6.92 Å². The van der Waals surface area contributed by atoms with Crippen LogP contribution in [-0.2, 0) is 17.6 Å². The van der Waals surface area contributed by atoms with E-state index in [0.717, 1.165) is 17.8 Å². The van der Waals surface area contributed by atoms with Crippen molar-refractivity contribution in [2.45, 2.75) is 33.6 Å². The van der Waals surface area contributed by atoms with Crippen LogP contribution in [0.2, 0.25) is 0 Å². The summed E-state index contributed by atoms with van der Waals surface area (Å²) >= 11 is 0. The molecule has 0 bridgehead atoms. The lowest BCUT2D eigenvalue weighted by molar-refractivity contribution is -0.116. The van der Waals surface area contributed by atoms with E-state index < -0.39 is 0 Å². The van der Waals surface area contributed by atoms with E-state index in [1.165, 1.54) is 0 Å². The normalized spacial score (nSPS) is 10.1. The Morgan fingerprint density at radius 1 is 1.46 bits per heavy atom. The standard InChI is InChI=1S/C10H14N2O/c1-4-9-5-7(2)11-10(12-9)6-8(3)13/h5H,4,6H2,1-3H3. The summed E-state index contributed by atoms with van der Waals surface area (Å²) in [6.45, 7) is 5.51. The number of nitrogens with zero attached hydrogens (tertiary/aromatic N) is 2. The molecule has 0 spiro atoms. The first-order valence-electron chi connectivity index (χ1n) is 4.44. The Bertz CT molecular complexity index is 321. The molecule has 3 nitrogen and oxygen atoms in total. The van der Waals surface area contributed by atoms with Gasteiger partial charge < -0.3 is 0 Å². The molecular formula is C10H14N2O. The zero-order chi connectivity index (χ0) is 9.84. The maximum atomic E-state index is 10.8. The Hall–Kier alpha value is -1.25. The maximum Gasteiger partial charge on any atom is 0.137 e. The van der Waals surface area contributed by atoms with Crippen LogP contribution in [0.4, 0.5) is 0 Å². The largest absolute Gasteiger partial charge is 0.300 e. The smallest absolute Gasteiger partial charge is 0.137 e. The molecule has 0 amide bonds. The molecule has 13 heavy (non-hydrogen) atoms. The second-order valence-corrected chi connectivity index (χ2v) is 3.15. The van der Waals surface area contributed by atoms with Gasteiger partial charge in [-0.25, -0.2) is 9.97 Å². The number of aromatic nitrogens is 2. The predicted molar refractivity (Wildman–Crippen MR) is 50.5 cm³/mol. The van der Waals surface area contributed by atoms with Crippen LogP contribution < -0.4 is 0 Å². The second kappa shape index (κ2) is 4.12. The summed E-state index contributed by atoms with van der Waals surface area (Å²) in [5.74, 6) is 0.747. The predicted octanol–water partition coefficient (Wildman–Crippen LogP) is 1.48. The van der Waals surface area contributed by atoms with E-state index in [9.17, 15) is 4.79 Å². The number of carbonyl (C=O) groups excluding carboxylic acids is 1. The third kappa shape index (κ3) is 2.93. The van der Waals surface area contributed by atoms with Crippen LogP contribution in [0.5, 0.6) is 0 Å². The van der Waals surface area contributed by atoms with Gasteiger partial charge in [-0.05, 0) is 26.3 Å². The number of hydrogen-bond donors (Lipinski definition) is 0. The van der Waals surface area contributed by atoms with E-state index in [-0.39, 0.29) is 5.78 Å². The molecule has 0 fully saturated rings. The van der Waals surface area contributed by atoms with Gasteiger partial charge in [0, 0.05) is 11.4 Å². The van der Waals surface area contributed by atoms with E-state index >= 15 is 0 Å². The Balaban J connectivity index is 2.94. The third-order valence-corrected chi connectivity index (χ3v) is 1.72. The minimum atomic E-state index is 0.104. The minimum Gasteiger partial charge on any atom is -0.300 e. The number of carbonyl (C=O) groups is 1. The first-order chi connectivity index (χ1) is 6.11. The highest BCUT2D eigenvalue weighted by Crippen LogP contribution is 2.02. The SMILES string of the molecule is CCc1cc(C)nc(CC(C)=O)n1. The molecular weight excluding hydrogens is 164 g/mol. The molecule has 1 aromatic heterocycles. The molecule has 0 unspecified atom stereocenters. The zero-order valence-electron chi connectivity index (χ0n) is 8.29. The number of hydrogen-bond acceptors (Lipinski definition) is 3. The summed E-state index contributed by atoms with van der Waals surface area (Å²) in [5, 5.41) is 0. The lowest BCUT2D eigenvalue weighted by Crippen LogP contribution is -2.05. The number of Topliss-reactive ketones (excluding diaryl/α,β-unsaturated/α-hetero) is 1. The minimum absolute atomic E-state index is 0.104.